The normalized spacial score (nSPS) is 9.95. The first-order valence-corrected chi connectivity index (χ1v) is 6.32. The molecule has 6 heteroatoms. The van der Waals surface area contributed by atoms with Gasteiger partial charge < -0.3 is 9.73 Å². The highest BCUT2D eigenvalue weighted by Gasteiger charge is 2.17. The second-order valence-electron chi connectivity index (χ2n) is 4.17. The Hall–Kier alpha value is -2.89. The molecule has 0 aromatic carbocycles. The van der Waals surface area contributed by atoms with Gasteiger partial charge in [0.15, 0.2) is 0 Å². The SMILES string of the molecule is C=CCN(C(=O)NC)c1ccc(-c2cccnc2)oc1=O. The number of rotatable bonds is 4. The Kier molecular flexibility index (Phi) is 4.50. The molecule has 0 saturated heterocycles. The van der Waals surface area contributed by atoms with Gasteiger partial charge in [0.05, 0.1) is 0 Å². The van der Waals surface area contributed by atoms with Crippen molar-refractivity contribution in [3.63, 3.8) is 0 Å². The minimum atomic E-state index is -0.596. The molecule has 0 radical (unpaired) electrons. The summed E-state index contributed by atoms with van der Waals surface area (Å²) in [7, 11) is 1.49. The summed E-state index contributed by atoms with van der Waals surface area (Å²) in [5, 5.41) is 2.47. The Labute approximate surface area is 121 Å². The summed E-state index contributed by atoms with van der Waals surface area (Å²) in [6.07, 6.45) is 4.76. The fourth-order valence-electron chi connectivity index (χ4n) is 1.83. The molecule has 108 valence electrons. The lowest BCUT2D eigenvalue weighted by molar-refractivity contribution is 0.248. The third kappa shape index (κ3) is 3.17. The fourth-order valence-corrected chi connectivity index (χ4v) is 1.83. The van der Waals surface area contributed by atoms with E-state index >= 15 is 0 Å². The van der Waals surface area contributed by atoms with Crippen molar-refractivity contribution < 1.29 is 9.21 Å². The molecule has 0 bridgehead atoms. The predicted octanol–water partition coefficient (Wildman–Crippen LogP) is 2.03. The zero-order valence-corrected chi connectivity index (χ0v) is 11.6. The van der Waals surface area contributed by atoms with Gasteiger partial charge >= 0.3 is 11.7 Å². The molecule has 6 nitrogen and oxygen atoms in total. The van der Waals surface area contributed by atoms with Crippen LogP contribution < -0.4 is 15.8 Å². The Bertz CT molecular complexity index is 695. The molecule has 2 aromatic rings. The minimum absolute atomic E-state index is 0.155. The third-order valence-corrected chi connectivity index (χ3v) is 2.81. The maximum Gasteiger partial charge on any atom is 0.360 e. The van der Waals surface area contributed by atoms with Gasteiger partial charge in [-0.2, -0.15) is 0 Å². The molecule has 1 N–H and O–H groups in total. The molecule has 0 aliphatic carbocycles. The zero-order valence-electron chi connectivity index (χ0n) is 11.6. The second kappa shape index (κ2) is 6.51. The van der Waals surface area contributed by atoms with E-state index in [2.05, 4.69) is 16.9 Å². The number of carbonyl (C=O) groups is 1. The molecule has 2 amide bonds. The number of carbonyl (C=O) groups excluding carboxylic acids is 1. The van der Waals surface area contributed by atoms with Crippen LogP contribution in [0.5, 0.6) is 0 Å². The van der Waals surface area contributed by atoms with Gasteiger partial charge in [-0.1, -0.05) is 6.08 Å². The van der Waals surface area contributed by atoms with Crippen molar-refractivity contribution in [3.05, 3.63) is 59.7 Å². The molecule has 21 heavy (non-hydrogen) atoms. The third-order valence-electron chi connectivity index (χ3n) is 2.81. The lowest BCUT2D eigenvalue weighted by Gasteiger charge is -2.19. The highest BCUT2D eigenvalue weighted by atomic mass is 16.4. The number of urea groups is 1. The van der Waals surface area contributed by atoms with Crippen LogP contribution in [0.1, 0.15) is 0 Å². The maximum atomic E-state index is 12.1. The lowest BCUT2D eigenvalue weighted by atomic mass is 10.2. The van der Waals surface area contributed by atoms with E-state index in [4.69, 9.17) is 4.42 Å². The first-order chi connectivity index (χ1) is 10.2. The minimum Gasteiger partial charge on any atom is -0.421 e. The highest BCUT2D eigenvalue weighted by Crippen LogP contribution is 2.19. The summed E-state index contributed by atoms with van der Waals surface area (Å²) in [6.45, 7) is 3.78. The van der Waals surface area contributed by atoms with Crippen LogP contribution in [0.2, 0.25) is 0 Å². The van der Waals surface area contributed by atoms with Crippen molar-refractivity contribution in [1.82, 2.24) is 10.3 Å². The van der Waals surface area contributed by atoms with Gasteiger partial charge in [0, 0.05) is 31.5 Å². The largest absolute Gasteiger partial charge is 0.421 e. The molecule has 0 aliphatic heterocycles. The van der Waals surface area contributed by atoms with Gasteiger partial charge in [0.2, 0.25) is 0 Å². The molecule has 2 aromatic heterocycles. The van der Waals surface area contributed by atoms with E-state index in [1.54, 1.807) is 36.7 Å². The van der Waals surface area contributed by atoms with Gasteiger partial charge in [-0.25, -0.2) is 9.59 Å². The van der Waals surface area contributed by atoms with E-state index in [9.17, 15) is 9.59 Å². The summed E-state index contributed by atoms with van der Waals surface area (Å²) in [5.74, 6) is 0.396. The first-order valence-electron chi connectivity index (χ1n) is 6.32. The van der Waals surface area contributed by atoms with E-state index in [0.29, 0.717) is 11.3 Å². The number of nitrogens with one attached hydrogen (secondary N) is 1. The standard InChI is InChI=1S/C15H15N3O3/c1-3-9-18(15(20)16-2)12-6-7-13(21-14(12)19)11-5-4-8-17-10-11/h3-8,10H,1,9H2,2H3,(H,16,20). The van der Waals surface area contributed by atoms with Gasteiger partial charge in [-0.05, 0) is 24.3 Å². The van der Waals surface area contributed by atoms with Crippen molar-refractivity contribution in [2.45, 2.75) is 0 Å². The number of hydrogen-bond acceptors (Lipinski definition) is 4. The molecule has 0 fully saturated rings. The Morgan fingerprint density at radius 2 is 2.29 bits per heavy atom. The van der Waals surface area contributed by atoms with Crippen LogP contribution in [0, 0.1) is 0 Å². The number of hydrogen-bond donors (Lipinski definition) is 1. The van der Waals surface area contributed by atoms with Crippen LogP contribution in [0.3, 0.4) is 0 Å². The molecular weight excluding hydrogens is 270 g/mol. The van der Waals surface area contributed by atoms with Crippen molar-refractivity contribution in [1.29, 1.82) is 0 Å². The molecule has 0 atom stereocenters. The molecule has 2 rings (SSSR count). The van der Waals surface area contributed by atoms with E-state index in [1.807, 2.05) is 0 Å². The summed E-state index contributed by atoms with van der Waals surface area (Å²) in [6, 6.07) is 6.30. The summed E-state index contributed by atoms with van der Waals surface area (Å²) >= 11 is 0. The summed E-state index contributed by atoms with van der Waals surface area (Å²) in [4.78, 5) is 29.1. The molecule has 0 unspecified atom stereocenters. The van der Waals surface area contributed by atoms with Crippen LogP contribution in [0.4, 0.5) is 10.5 Å². The van der Waals surface area contributed by atoms with E-state index in [0.717, 1.165) is 0 Å². The molecule has 2 heterocycles. The zero-order chi connectivity index (χ0) is 15.2. The van der Waals surface area contributed by atoms with Crippen LogP contribution in [0.15, 0.2) is 58.5 Å². The molecule has 0 aliphatic rings. The number of pyridine rings is 1. The lowest BCUT2D eigenvalue weighted by Crippen LogP contribution is -2.40. The van der Waals surface area contributed by atoms with Gasteiger partial charge in [0.25, 0.3) is 0 Å². The van der Waals surface area contributed by atoms with Crippen molar-refractivity contribution >= 4 is 11.7 Å². The fraction of sp³-hybridized carbons (Fsp3) is 0.133. The van der Waals surface area contributed by atoms with Crippen molar-refractivity contribution in [2.24, 2.45) is 0 Å². The number of anilines is 1. The quantitative estimate of drug-likeness (QED) is 0.872. The Morgan fingerprint density at radius 3 is 2.86 bits per heavy atom. The molecule has 0 saturated carbocycles. The average molecular weight is 285 g/mol. The van der Waals surface area contributed by atoms with Crippen LogP contribution >= 0.6 is 0 Å². The molecule has 0 spiro atoms. The monoisotopic (exact) mass is 285 g/mol. The predicted molar refractivity (Wildman–Crippen MR) is 80.2 cm³/mol. The van der Waals surface area contributed by atoms with E-state index < -0.39 is 11.7 Å². The average Bonchev–Trinajstić information content (AvgIpc) is 2.53. The van der Waals surface area contributed by atoms with Gasteiger partial charge in [-0.15, -0.1) is 6.58 Å². The van der Waals surface area contributed by atoms with Gasteiger partial charge in [-0.3, -0.25) is 9.88 Å². The second-order valence-corrected chi connectivity index (χ2v) is 4.17. The highest BCUT2D eigenvalue weighted by molar-refractivity contribution is 5.91. The van der Waals surface area contributed by atoms with Crippen LogP contribution in [-0.2, 0) is 0 Å². The number of nitrogens with zero attached hydrogens (tertiary/aromatic N) is 2. The first kappa shape index (κ1) is 14.5. The number of aromatic nitrogens is 1. The van der Waals surface area contributed by atoms with Crippen molar-refractivity contribution in [2.75, 3.05) is 18.5 Å². The number of amides is 2. The van der Waals surface area contributed by atoms with Crippen LogP contribution in [0.25, 0.3) is 11.3 Å². The topological polar surface area (TPSA) is 75.4 Å². The van der Waals surface area contributed by atoms with Crippen LogP contribution in [-0.4, -0.2) is 24.6 Å². The smallest absolute Gasteiger partial charge is 0.360 e. The Balaban J connectivity index is 2.41. The molecular formula is C15H15N3O3. The van der Waals surface area contributed by atoms with E-state index in [1.165, 1.54) is 18.0 Å². The van der Waals surface area contributed by atoms with Crippen molar-refractivity contribution in [3.8, 4) is 11.3 Å². The summed E-state index contributed by atoms with van der Waals surface area (Å²) < 4.78 is 5.26. The maximum absolute atomic E-state index is 12.1. The summed E-state index contributed by atoms with van der Waals surface area (Å²) in [5.41, 5.74) is 0.250. The van der Waals surface area contributed by atoms with E-state index in [-0.39, 0.29) is 12.2 Å². The van der Waals surface area contributed by atoms with Gasteiger partial charge in [0.1, 0.15) is 11.4 Å². The Morgan fingerprint density at radius 1 is 1.48 bits per heavy atom.